The number of carboxylic acid groups (broad SMARTS) is 1. The number of nitrogens with zero attached hydrogens (tertiary/aromatic N) is 1. The third-order valence-electron chi connectivity index (χ3n) is 3.39. The highest BCUT2D eigenvalue weighted by molar-refractivity contribution is 5.98. The van der Waals surface area contributed by atoms with Gasteiger partial charge in [-0.2, -0.15) is 0 Å². The maximum atomic E-state index is 11.1. The number of benzene rings is 2. The van der Waals surface area contributed by atoms with E-state index in [-0.39, 0.29) is 11.3 Å². The maximum Gasteiger partial charge on any atom is 0.337 e. The Labute approximate surface area is 118 Å². The van der Waals surface area contributed by atoms with E-state index in [2.05, 4.69) is 6.07 Å². The van der Waals surface area contributed by atoms with Gasteiger partial charge in [0.05, 0.1) is 16.9 Å². The van der Waals surface area contributed by atoms with Crippen LogP contribution in [0.5, 0.6) is 0 Å². The predicted octanol–water partition coefficient (Wildman–Crippen LogP) is 3.35. The van der Waals surface area contributed by atoms with Crippen LogP contribution in [0.2, 0.25) is 0 Å². The number of hydrogen-bond donors (Lipinski definition) is 2. The number of carboxylic acids is 1. The molecular weight excluding hydrogens is 252 g/mol. The second-order valence-electron chi connectivity index (χ2n) is 4.89. The zero-order valence-electron chi connectivity index (χ0n) is 11.8. The molecule has 0 amide bonds. The molecule has 4 heteroatoms. The average Bonchev–Trinajstić information content (AvgIpc) is 2.38. The van der Waals surface area contributed by atoms with Gasteiger partial charge in [-0.25, -0.2) is 4.79 Å². The summed E-state index contributed by atoms with van der Waals surface area (Å²) in [6.07, 6.45) is 0. The van der Waals surface area contributed by atoms with E-state index in [9.17, 15) is 4.79 Å². The zero-order valence-corrected chi connectivity index (χ0v) is 11.8. The molecule has 0 bridgehead atoms. The molecule has 0 fully saturated rings. The normalized spacial score (nSPS) is 10.3. The molecule has 0 spiro atoms. The molecule has 0 saturated heterocycles. The highest BCUT2D eigenvalue weighted by Gasteiger charge is 2.15. The quantitative estimate of drug-likeness (QED) is 0.839. The Morgan fingerprint density at radius 2 is 1.85 bits per heavy atom. The van der Waals surface area contributed by atoms with Gasteiger partial charge in [0, 0.05) is 12.7 Å². The number of hydrogen-bond acceptors (Lipinski definition) is 3. The van der Waals surface area contributed by atoms with Crippen molar-refractivity contribution in [2.45, 2.75) is 13.8 Å². The Morgan fingerprint density at radius 3 is 2.45 bits per heavy atom. The lowest BCUT2D eigenvalue weighted by Crippen LogP contribution is -2.15. The average molecular weight is 270 g/mol. The molecule has 3 N–H and O–H groups in total. The molecule has 0 unspecified atom stereocenters. The van der Waals surface area contributed by atoms with Crippen LogP contribution < -0.4 is 10.6 Å². The van der Waals surface area contributed by atoms with E-state index in [4.69, 9.17) is 10.8 Å². The van der Waals surface area contributed by atoms with E-state index in [0.29, 0.717) is 5.69 Å². The topological polar surface area (TPSA) is 66.6 Å². The van der Waals surface area contributed by atoms with Gasteiger partial charge in [0.1, 0.15) is 0 Å². The van der Waals surface area contributed by atoms with Crippen molar-refractivity contribution < 1.29 is 9.90 Å². The summed E-state index contributed by atoms with van der Waals surface area (Å²) in [5.74, 6) is -1.02. The van der Waals surface area contributed by atoms with Crippen LogP contribution in [0.4, 0.5) is 17.1 Å². The Hall–Kier alpha value is -2.49. The molecule has 0 radical (unpaired) electrons. The highest BCUT2D eigenvalue weighted by Crippen LogP contribution is 2.33. The fraction of sp³-hybridized carbons (Fsp3) is 0.188. The van der Waals surface area contributed by atoms with E-state index in [1.807, 2.05) is 44.0 Å². The van der Waals surface area contributed by atoms with E-state index >= 15 is 0 Å². The second kappa shape index (κ2) is 5.25. The van der Waals surface area contributed by atoms with Crippen molar-refractivity contribution in [3.8, 4) is 0 Å². The number of aromatic carboxylic acids is 1. The van der Waals surface area contributed by atoms with E-state index in [0.717, 1.165) is 11.3 Å². The standard InChI is InChI=1S/C16H18N2O2/c1-10-7-8-13(11(2)9-10)18(3)14-6-4-5-12(15(14)17)16(19)20/h4-9H,17H2,1-3H3,(H,19,20). The van der Waals surface area contributed by atoms with Crippen LogP contribution in [0, 0.1) is 13.8 Å². The highest BCUT2D eigenvalue weighted by atomic mass is 16.4. The Kier molecular flexibility index (Phi) is 3.66. The van der Waals surface area contributed by atoms with E-state index < -0.39 is 5.97 Å². The largest absolute Gasteiger partial charge is 0.478 e. The fourth-order valence-electron chi connectivity index (χ4n) is 2.34. The Balaban J connectivity index is 2.51. The number of rotatable bonds is 3. The first-order chi connectivity index (χ1) is 9.41. The number of carbonyl (C=O) groups is 1. The van der Waals surface area contributed by atoms with Crippen molar-refractivity contribution in [3.63, 3.8) is 0 Å². The van der Waals surface area contributed by atoms with Gasteiger partial charge in [0.2, 0.25) is 0 Å². The summed E-state index contributed by atoms with van der Waals surface area (Å²) < 4.78 is 0. The number of aryl methyl sites for hydroxylation is 2. The van der Waals surface area contributed by atoms with Crippen LogP contribution in [0.3, 0.4) is 0 Å². The van der Waals surface area contributed by atoms with E-state index in [1.165, 1.54) is 11.6 Å². The van der Waals surface area contributed by atoms with Crippen LogP contribution >= 0.6 is 0 Å². The van der Waals surface area contributed by atoms with Crippen LogP contribution in [-0.4, -0.2) is 18.1 Å². The maximum absolute atomic E-state index is 11.1. The molecule has 0 aliphatic rings. The lowest BCUT2D eigenvalue weighted by Gasteiger charge is -2.24. The first kappa shape index (κ1) is 13.9. The van der Waals surface area contributed by atoms with Crippen molar-refractivity contribution in [2.75, 3.05) is 17.7 Å². The third-order valence-corrected chi connectivity index (χ3v) is 3.39. The Bertz CT molecular complexity index is 666. The fourth-order valence-corrected chi connectivity index (χ4v) is 2.34. The summed E-state index contributed by atoms with van der Waals surface area (Å²) in [5.41, 5.74) is 10.4. The lowest BCUT2D eigenvalue weighted by molar-refractivity contribution is 0.0698. The summed E-state index contributed by atoms with van der Waals surface area (Å²) in [6, 6.07) is 11.2. The molecular formula is C16H18N2O2. The number of nitrogens with two attached hydrogens (primary N) is 1. The van der Waals surface area contributed by atoms with Crippen molar-refractivity contribution in [1.82, 2.24) is 0 Å². The van der Waals surface area contributed by atoms with Crippen molar-refractivity contribution in [2.24, 2.45) is 0 Å². The van der Waals surface area contributed by atoms with Crippen LogP contribution in [0.25, 0.3) is 0 Å². The molecule has 0 heterocycles. The van der Waals surface area contributed by atoms with Gasteiger partial charge in [-0.3, -0.25) is 0 Å². The molecule has 4 nitrogen and oxygen atoms in total. The van der Waals surface area contributed by atoms with Gasteiger partial charge in [0.15, 0.2) is 0 Å². The van der Waals surface area contributed by atoms with Crippen LogP contribution in [0.1, 0.15) is 21.5 Å². The minimum absolute atomic E-state index is 0.124. The number of anilines is 3. The molecule has 0 aromatic heterocycles. The molecule has 104 valence electrons. The summed E-state index contributed by atoms with van der Waals surface area (Å²) in [5, 5.41) is 9.13. The van der Waals surface area contributed by atoms with Crippen LogP contribution in [0.15, 0.2) is 36.4 Å². The van der Waals surface area contributed by atoms with Crippen LogP contribution in [-0.2, 0) is 0 Å². The minimum Gasteiger partial charge on any atom is -0.478 e. The third kappa shape index (κ3) is 2.45. The summed E-state index contributed by atoms with van der Waals surface area (Å²) in [6.45, 7) is 4.06. The van der Waals surface area contributed by atoms with Gasteiger partial charge in [-0.05, 0) is 37.6 Å². The first-order valence-electron chi connectivity index (χ1n) is 6.34. The molecule has 2 aromatic rings. The number of para-hydroxylation sites is 1. The van der Waals surface area contributed by atoms with Gasteiger partial charge in [-0.1, -0.05) is 23.8 Å². The summed E-state index contributed by atoms with van der Waals surface area (Å²) >= 11 is 0. The molecule has 0 saturated carbocycles. The molecule has 2 aromatic carbocycles. The van der Waals surface area contributed by atoms with Gasteiger partial charge in [-0.15, -0.1) is 0 Å². The summed E-state index contributed by atoms with van der Waals surface area (Å²) in [4.78, 5) is 13.1. The monoisotopic (exact) mass is 270 g/mol. The lowest BCUT2D eigenvalue weighted by atomic mass is 10.1. The predicted molar refractivity (Wildman–Crippen MR) is 81.8 cm³/mol. The van der Waals surface area contributed by atoms with Crippen molar-refractivity contribution in [1.29, 1.82) is 0 Å². The van der Waals surface area contributed by atoms with Crippen molar-refractivity contribution in [3.05, 3.63) is 53.1 Å². The summed E-state index contributed by atoms with van der Waals surface area (Å²) in [7, 11) is 1.88. The zero-order chi connectivity index (χ0) is 14.9. The van der Waals surface area contributed by atoms with Crippen molar-refractivity contribution >= 4 is 23.0 Å². The van der Waals surface area contributed by atoms with E-state index in [1.54, 1.807) is 6.07 Å². The smallest absolute Gasteiger partial charge is 0.337 e. The molecule has 0 aliphatic heterocycles. The molecule has 20 heavy (non-hydrogen) atoms. The molecule has 0 atom stereocenters. The second-order valence-corrected chi connectivity index (χ2v) is 4.89. The molecule has 2 rings (SSSR count). The SMILES string of the molecule is Cc1ccc(N(C)c2cccc(C(=O)O)c2N)c(C)c1. The van der Waals surface area contributed by atoms with Gasteiger partial charge < -0.3 is 15.7 Å². The Morgan fingerprint density at radius 1 is 1.15 bits per heavy atom. The number of nitrogen functional groups attached to an aromatic ring is 1. The van der Waals surface area contributed by atoms with Gasteiger partial charge >= 0.3 is 5.97 Å². The minimum atomic E-state index is -1.02. The van der Waals surface area contributed by atoms with Gasteiger partial charge in [0.25, 0.3) is 0 Å². The first-order valence-corrected chi connectivity index (χ1v) is 6.34. The molecule has 0 aliphatic carbocycles.